The Morgan fingerprint density at radius 2 is 1.69 bits per heavy atom. The van der Waals surface area contributed by atoms with Crippen molar-refractivity contribution in [3.05, 3.63) is 29.3 Å². The second-order valence-corrected chi connectivity index (χ2v) is 7.68. The third-order valence-corrected chi connectivity index (χ3v) is 5.56. The molecule has 6 heteroatoms. The Balaban J connectivity index is 1.37. The number of nitrogens with zero attached hydrogens (tertiary/aromatic N) is 1. The summed E-state index contributed by atoms with van der Waals surface area (Å²) in [6.45, 7) is 1.46. The van der Waals surface area contributed by atoms with E-state index < -0.39 is 0 Å². The molecule has 1 N–H and O–H groups in total. The van der Waals surface area contributed by atoms with Gasteiger partial charge in [0.05, 0.1) is 0 Å². The number of nitrogens with one attached hydrogen (secondary N) is 1. The monoisotopic (exact) mass is 378 g/mol. The van der Waals surface area contributed by atoms with Gasteiger partial charge in [-0.2, -0.15) is 0 Å². The Labute approximate surface area is 160 Å². The molecular formula is C20H27ClN2O3. The van der Waals surface area contributed by atoms with Crippen LogP contribution in [0.15, 0.2) is 24.3 Å². The van der Waals surface area contributed by atoms with Crippen LogP contribution < -0.4 is 10.1 Å². The maximum atomic E-state index is 12.6. The molecule has 2 aliphatic rings. The van der Waals surface area contributed by atoms with Crippen LogP contribution in [0.3, 0.4) is 0 Å². The predicted molar refractivity (Wildman–Crippen MR) is 101 cm³/mol. The lowest BCUT2D eigenvalue weighted by molar-refractivity contribution is -0.137. The van der Waals surface area contributed by atoms with Crippen molar-refractivity contribution in [3.8, 4) is 5.75 Å². The van der Waals surface area contributed by atoms with Gasteiger partial charge in [0, 0.05) is 30.1 Å². The minimum Gasteiger partial charge on any atom is -0.484 e. The highest BCUT2D eigenvalue weighted by atomic mass is 35.5. The molecule has 0 radical (unpaired) electrons. The normalized spacial score (nSPS) is 19.2. The fourth-order valence-corrected chi connectivity index (χ4v) is 3.93. The van der Waals surface area contributed by atoms with Crippen molar-refractivity contribution in [1.82, 2.24) is 10.2 Å². The van der Waals surface area contributed by atoms with E-state index in [1.807, 2.05) is 4.90 Å². The molecule has 1 aromatic rings. The lowest BCUT2D eigenvalue weighted by Gasteiger charge is -2.35. The summed E-state index contributed by atoms with van der Waals surface area (Å²) in [6, 6.07) is 7.06. The van der Waals surface area contributed by atoms with Crippen LogP contribution in [0.4, 0.5) is 0 Å². The van der Waals surface area contributed by atoms with Gasteiger partial charge in [-0.15, -0.1) is 0 Å². The number of piperidine rings is 1. The highest BCUT2D eigenvalue weighted by Crippen LogP contribution is 2.26. The number of halogens is 1. The minimum atomic E-state index is -0.128. The Morgan fingerprint density at radius 3 is 2.35 bits per heavy atom. The molecular weight excluding hydrogens is 352 g/mol. The molecule has 2 fully saturated rings. The zero-order valence-corrected chi connectivity index (χ0v) is 15.8. The number of rotatable bonds is 5. The lowest BCUT2D eigenvalue weighted by Crippen LogP contribution is -2.49. The van der Waals surface area contributed by atoms with Gasteiger partial charge in [0.1, 0.15) is 5.75 Å². The molecule has 0 unspecified atom stereocenters. The Kier molecular flexibility index (Phi) is 6.78. The first kappa shape index (κ1) is 19.0. The maximum absolute atomic E-state index is 12.6. The summed E-state index contributed by atoms with van der Waals surface area (Å²) < 4.78 is 5.47. The summed E-state index contributed by atoms with van der Waals surface area (Å²) >= 11 is 5.82. The molecule has 1 aliphatic heterocycles. The number of hydrogen-bond acceptors (Lipinski definition) is 3. The van der Waals surface area contributed by atoms with E-state index in [-0.39, 0.29) is 24.5 Å². The van der Waals surface area contributed by atoms with Gasteiger partial charge in [-0.25, -0.2) is 0 Å². The van der Waals surface area contributed by atoms with Crippen LogP contribution >= 0.6 is 11.6 Å². The molecule has 1 aliphatic carbocycles. The molecule has 0 aromatic heterocycles. The van der Waals surface area contributed by atoms with Gasteiger partial charge in [0.2, 0.25) is 5.91 Å². The summed E-state index contributed by atoms with van der Waals surface area (Å²) in [6.07, 6.45) is 7.31. The number of hydrogen-bond donors (Lipinski definition) is 1. The van der Waals surface area contributed by atoms with Crippen LogP contribution in [-0.2, 0) is 9.59 Å². The molecule has 3 rings (SSSR count). The highest BCUT2D eigenvalue weighted by molar-refractivity contribution is 6.30. The largest absolute Gasteiger partial charge is 0.484 e. The van der Waals surface area contributed by atoms with E-state index in [9.17, 15) is 9.59 Å². The zero-order chi connectivity index (χ0) is 18.4. The maximum Gasteiger partial charge on any atom is 0.258 e. The Bertz CT molecular complexity index is 606. The molecule has 5 nitrogen and oxygen atoms in total. The van der Waals surface area contributed by atoms with E-state index in [1.54, 1.807) is 24.3 Å². The van der Waals surface area contributed by atoms with Crippen molar-refractivity contribution in [2.45, 2.75) is 51.0 Å². The number of amides is 2. The summed E-state index contributed by atoms with van der Waals surface area (Å²) in [5, 5.41) is 3.65. The summed E-state index contributed by atoms with van der Waals surface area (Å²) in [7, 11) is 0. The first-order chi connectivity index (χ1) is 12.6. The average molecular weight is 379 g/mol. The van der Waals surface area contributed by atoms with Crippen molar-refractivity contribution in [2.24, 2.45) is 5.92 Å². The van der Waals surface area contributed by atoms with Crippen molar-refractivity contribution >= 4 is 23.4 Å². The fourth-order valence-electron chi connectivity index (χ4n) is 3.80. The third-order valence-electron chi connectivity index (χ3n) is 5.31. The number of carbonyl (C=O) groups is 2. The van der Waals surface area contributed by atoms with E-state index in [2.05, 4.69) is 5.32 Å². The molecule has 26 heavy (non-hydrogen) atoms. The molecule has 1 saturated heterocycles. The number of likely N-dealkylation sites (tertiary alicyclic amines) is 1. The van der Waals surface area contributed by atoms with Gasteiger partial charge in [-0.1, -0.05) is 30.9 Å². The molecule has 0 atom stereocenters. The minimum absolute atomic E-state index is 0.0111. The SMILES string of the molecule is O=C(COc1ccc(Cl)cc1)NC1CCN(C(=O)C2CCCCC2)CC1. The fraction of sp³-hybridized carbons (Fsp3) is 0.600. The lowest BCUT2D eigenvalue weighted by atomic mass is 9.87. The average Bonchev–Trinajstić information content (AvgIpc) is 2.68. The van der Waals surface area contributed by atoms with Crippen LogP contribution in [0.2, 0.25) is 5.02 Å². The number of ether oxygens (including phenoxy) is 1. The third kappa shape index (κ3) is 5.37. The molecule has 2 amide bonds. The molecule has 142 valence electrons. The number of carbonyl (C=O) groups excluding carboxylic acids is 2. The van der Waals surface area contributed by atoms with Crippen molar-refractivity contribution in [3.63, 3.8) is 0 Å². The summed E-state index contributed by atoms with van der Waals surface area (Å²) in [5.41, 5.74) is 0. The quantitative estimate of drug-likeness (QED) is 0.854. The van der Waals surface area contributed by atoms with Gasteiger partial charge in [0.25, 0.3) is 5.91 Å². The van der Waals surface area contributed by atoms with Gasteiger partial charge >= 0.3 is 0 Å². The van der Waals surface area contributed by atoms with Crippen LogP contribution in [0.25, 0.3) is 0 Å². The molecule has 0 spiro atoms. The predicted octanol–water partition coefficient (Wildman–Crippen LogP) is 3.41. The van der Waals surface area contributed by atoms with Gasteiger partial charge < -0.3 is 15.0 Å². The standard InChI is InChI=1S/C20H27ClN2O3/c21-16-6-8-18(9-7-16)26-14-19(24)22-17-10-12-23(13-11-17)20(25)15-4-2-1-3-5-15/h6-9,15,17H,1-5,10-14H2,(H,22,24). The topological polar surface area (TPSA) is 58.6 Å². The zero-order valence-electron chi connectivity index (χ0n) is 15.1. The van der Waals surface area contributed by atoms with E-state index in [0.717, 1.165) is 38.8 Å². The summed E-state index contributed by atoms with van der Waals surface area (Å²) in [4.78, 5) is 26.6. The second kappa shape index (κ2) is 9.26. The first-order valence-electron chi connectivity index (χ1n) is 9.58. The van der Waals surface area contributed by atoms with Gasteiger partial charge in [-0.05, 0) is 49.9 Å². The smallest absolute Gasteiger partial charge is 0.258 e. The Hall–Kier alpha value is -1.75. The molecule has 1 aromatic carbocycles. The number of benzene rings is 1. The van der Waals surface area contributed by atoms with Gasteiger partial charge in [-0.3, -0.25) is 9.59 Å². The van der Waals surface area contributed by atoms with Crippen molar-refractivity contribution in [1.29, 1.82) is 0 Å². The summed E-state index contributed by atoms with van der Waals surface area (Å²) in [5.74, 6) is 1.04. The van der Waals surface area contributed by atoms with Crippen LogP contribution in [0, 0.1) is 5.92 Å². The molecule has 0 bridgehead atoms. The van der Waals surface area contributed by atoms with Gasteiger partial charge in [0.15, 0.2) is 6.61 Å². The first-order valence-corrected chi connectivity index (χ1v) is 9.96. The van der Waals surface area contributed by atoms with Crippen LogP contribution in [-0.4, -0.2) is 42.5 Å². The molecule has 1 heterocycles. The van der Waals surface area contributed by atoms with E-state index >= 15 is 0 Å². The van der Waals surface area contributed by atoms with Crippen molar-refractivity contribution < 1.29 is 14.3 Å². The molecule has 1 saturated carbocycles. The van der Waals surface area contributed by atoms with Crippen molar-refractivity contribution in [2.75, 3.05) is 19.7 Å². The highest BCUT2D eigenvalue weighted by Gasteiger charge is 2.29. The van der Waals surface area contributed by atoms with E-state index in [1.165, 1.54) is 19.3 Å². The van der Waals surface area contributed by atoms with E-state index in [0.29, 0.717) is 16.7 Å². The van der Waals surface area contributed by atoms with E-state index in [4.69, 9.17) is 16.3 Å². The Morgan fingerprint density at radius 1 is 1.04 bits per heavy atom. The van der Waals surface area contributed by atoms with Crippen LogP contribution in [0.5, 0.6) is 5.75 Å². The van der Waals surface area contributed by atoms with Crippen LogP contribution in [0.1, 0.15) is 44.9 Å². The second-order valence-electron chi connectivity index (χ2n) is 7.24.